The van der Waals surface area contributed by atoms with Crippen molar-refractivity contribution in [3.63, 3.8) is 0 Å². The monoisotopic (exact) mass is 348 g/mol. The summed E-state index contributed by atoms with van der Waals surface area (Å²) in [7, 11) is 0. The largest absolute Gasteiger partial charge is 0.342 e. The molecule has 1 aromatic rings. The van der Waals surface area contributed by atoms with Gasteiger partial charge in [-0.3, -0.25) is 9.69 Å². The molecule has 0 aliphatic carbocycles. The number of hydrogen-bond donors (Lipinski definition) is 0. The van der Waals surface area contributed by atoms with Crippen molar-refractivity contribution in [2.45, 2.75) is 71.3 Å². The molecule has 0 N–H and O–H groups in total. The molecule has 2 aliphatic rings. The van der Waals surface area contributed by atoms with Gasteiger partial charge in [0, 0.05) is 25.6 Å². The number of aromatic nitrogens is 2. The van der Waals surface area contributed by atoms with Crippen LogP contribution in [0.5, 0.6) is 0 Å². The Kier molecular flexibility index (Phi) is 6.10. The normalized spacial score (nSPS) is 24.3. The summed E-state index contributed by atoms with van der Waals surface area (Å²) >= 11 is 0. The Labute approximate surface area is 150 Å². The van der Waals surface area contributed by atoms with Crippen molar-refractivity contribution in [1.82, 2.24) is 19.9 Å². The van der Waals surface area contributed by atoms with E-state index in [1.165, 1.54) is 12.8 Å². The molecule has 6 nitrogen and oxygen atoms in total. The van der Waals surface area contributed by atoms with Gasteiger partial charge in [-0.05, 0) is 39.2 Å². The first kappa shape index (κ1) is 18.4. The van der Waals surface area contributed by atoms with Crippen molar-refractivity contribution < 1.29 is 9.32 Å². The summed E-state index contributed by atoms with van der Waals surface area (Å²) in [5.74, 6) is 2.17. The molecule has 1 aromatic heterocycles. The molecule has 25 heavy (non-hydrogen) atoms. The maximum Gasteiger partial charge on any atom is 0.243 e. The fourth-order valence-electron chi connectivity index (χ4n) is 3.92. The Bertz CT molecular complexity index is 564. The van der Waals surface area contributed by atoms with Gasteiger partial charge in [-0.15, -0.1) is 0 Å². The maximum atomic E-state index is 13.0. The van der Waals surface area contributed by atoms with E-state index in [-0.39, 0.29) is 17.9 Å². The fourth-order valence-corrected chi connectivity index (χ4v) is 3.92. The van der Waals surface area contributed by atoms with Gasteiger partial charge in [0.2, 0.25) is 11.8 Å². The summed E-state index contributed by atoms with van der Waals surface area (Å²) in [6, 6.07) is 0.0692. The molecule has 1 amide bonds. The van der Waals surface area contributed by atoms with Gasteiger partial charge < -0.3 is 9.42 Å². The minimum Gasteiger partial charge on any atom is -0.342 e. The average molecular weight is 348 g/mol. The highest BCUT2D eigenvalue weighted by atomic mass is 16.5. The van der Waals surface area contributed by atoms with Crippen molar-refractivity contribution in [2.75, 3.05) is 26.2 Å². The molecular weight excluding hydrogens is 316 g/mol. The summed E-state index contributed by atoms with van der Waals surface area (Å²) in [6.45, 7) is 9.90. The van der Waals surface area contributed by atoms with Gasteiger partial charge in [0.15, 0.2) is 5.82 Å². The van der Waals surface area contributed by atoms with Gasteiger partial charge in [0.25, 0.3) is 0 Å². The third-order valence-corrected chi connectivity index (χ3v) is 5.60. The van der Waals surface area contributed by atoms with Crippen LogP contribution < -0.4 is 0 Å². The minimum atomic E-state index is 0.0692. The van der Waals surface area contributed by atoms with Crippen molar-refractivity contribution in [2.24, 2.45) is 5.92 Å². The third-order valence-electron chi connectivity index (χ3n) is 5.60. The standard InChI is InChI=1S/C19H32N4O2/c1-14(2)17-20-18(25-21-17)15(3)23-12-8-9-16(13-23)19(24)22-10-6-4-5-7-11-22/h14-16H,4-13H2,1-3H3/t15-,16-/m1/s1. The first-order chi connectivity index (χ1) is 12.1. The quantitative estimate of drug-likeness (QED) is 0.835. The van der Waals surface area contributed by atoms with E-state index in [1.807, 2.05) is 0 Å². The van der Waals surface area contributed by atoms with Crippen LogP contribution in [0, 0.1) is 5.92 Å². The summed E-state index contributed by atoms with van der Waals surface area (Å²) in [5, 5.41) is 4.08. The van der Waals surface area contributed by atoms with Gasteiger partial charge in [-0.1, -0.05) is 31.8 Å². The van der Waals surface area contributed by atoms with E-state index in [4.69, 9.17) is 4.52 Å². The zero-order valence-electron chi connectivity index (χ0n) is 15.9. The van der Waals surface area contributed by atoms with Crippen LogP contribution in [-0.4, -0.2) is 52.0 Å². The zero-order chi connectivity index (χ0) is 17.8. The summed E-state index contributed by atoms with van der Waals surface area (Å²) in [5.41, 5.74) is 0. The number of amides is 1. The van der Waals surface area contributed by atoms with Crippen molar-refractivity contribution in [3.8, 4) is 0 Å². The molecule has 3 rings (SSSR count). The third kappa shape index (κ3) is 4.40. The first-order valence-electron chi connectivity index (χ1n) is 9.92. The maximum absolute atomic E-state index is 13.0. The lowest BCUT2D eigenvalue weighted by Gasteiger charge is -2.36. The molecule has 0 spiro atoms. The summed E-state index contributed by atoms with van der Waals surface area (Å²) in [4.78, 5) is 21.9. The highest BCUT2D eigenvalue weighted by Gasteiger charge is 2.33. The number of carbonyl (C=O) groups is 1. The number of piperidine rings is 1. The molecule has 0 bridgehead atoms. The highest BCUT2D eigenvalue weighted by Crippen LogP contribution is 2.28. The molecule has 2 fully saturated rings. The molecule has 0 unspecified atom stereocenters. The van der Waals surface area contributed by atoms with Gasteiger partial charge >= 0.3 is 0 Å². The molecular formula is C19H32N4O2. The molecule has 0 aromatic carbocycles. The molecule has 6 heteroatoms. The number of carbonyl (C=O) groups excluding carboxylic acids is 1. The molecule has 2 saturated heterocycles. The first-order valence-corrected chi connectivity index (χ1v) is 9.92. The van der Waals surface area contributed by atoms with E-state index >= 15 is 0 Å². The van der Waals surface area contributed by atoms with Crippen molar-refractivity contribution in [3.05, 3.63) is 11.7 Å². The number of nitrogens with zero attached hydrogens (tertiary/aromatic N) is 4. The van der Waals surface area contributed by atoms with Crippen LogP contribution >= 0.6 is 0 Å². The smallest absolute Gasteiger partial charge is 0.243 e. The second-order valence-corrected chi connectivity index (χ2v) is 7.90. The van der Waals surface area contributed by atoms with E-state index in [0.29, 0.717) is 11.8 Å². The fraction of sp³-hybridized carbons (Fsp3) is 0.842. The lowest BCUT2D eigenvalue weighted by atomic mass is 9.95. The number of rotatable bonds is 4. The van der Waals surface area contributed by atoms with Gasteiger partial charge in [0.1, 0.15) is 0 Å². The van der Waals surface area contributed by atoms with Crippen LogP contribution in [-0.2, 0) is 4.79 Å². The Morgan fingerprint density at radius 2 is 1.80 bits per heavy atom. The molecule has 3 heterocycles. The molecule has 2 aliphatic heterocycles. The molecule has 0 radical (unpaired) electrons. The zero-order valence-corrected chi connectivity index (χ0v) is 15.9. The second-order valence-electron chi connectivity index (χ2n) is 7.90. The summed E-state index contributed by atoms with van der Waals surface area (Å²) in [6.07, 6.45) is 6.87. The van der Waals surface area contributed by atoms with Gasteiger partial charge in [-0.25, -0.2) is 0 Å². The van der Waals surface area contributed by atoms with E-state index in [1.54, 1.807) is 0 Å². The number of likely N-dealkylation sites (tertiary alicyclic amines) is 2. The predicted molar refractivity (Wildman–Crippen MR) is 96.1 cm³/mol. The SMILES string of the molecule is CC(C)c1noc([C@@H](C)N2CCC[C@@H](C(=O)N3CCCCCC3)C2)n1. The predicted octanol–water partition coefficient (Wildman–Crippen LogP) is 3.37. The average Bonchev–Trinajstić information content (AvgIpc) is 2.97. The number of hydrogen-bond acceptors (Lipinski definition) is 5. The van der Waals surface area contributed by atoms with Gasteiger partial charge in [-0.2, -0.15) is 4.98 Å². The van der Waals surface area contributed by atoms with Crippen LogP contribution in [0.2, 0.25) is 0 Å². The van der Waals surface area contributed by atoms with E-state index < -0.39 is 0 Å². The highest BCUT2D eigenvalue weighted by molar-refractivity contribution is 5.79. The van der Waals surface area contributed by atoms with E-state index in [2.05, 4.69) is 40.7 Å². The molecule has 0 saturated carbocycles. The van der Waals surface area contributed by atoms with Crippen molar-refractivity contribution >= 4 is 5.91 Å². The van der Waals surface area contributed by atoms with E-state index in [0.717, 1.165) is 57.7 Å². The topological polar surface area (TPSA) is 62.5 Å². The molecule has 2 atom stereocenters. The van der Waals surface area contributed by atoms with Crippen LogP contribution in [0.3, 0.4) is 0 Å². The Morgan fingerprint density at radius 3 is 2.44 bits per heavy atom. The van der Waals surface area contributed by atoms with Gasteiger partial charge in [0.05, 0.1) is 12.0 Å². The van der Waals surface area contributed by atoms with Crippen molar-refractivity contribution in [1.29, 1.82) is 0 Å². The van der Waals surface area contributed by atoms with Crippen LogP contribution in [0.25, 0.3) is 0 Å². The van der Waals surface area contributed by atoms with Crippen LogP contribution in [0.15, 0.2) is 4.52 Å². The lowest BCUT2D eigenvalue weighted by Crippen LogP contribution is -2.45. The second kappa shape index (κ2) is 8.30. The van der Waals surface area contributed by atoms with Crippen LogP contribution in [0.1, 0.15) is 83.0 Å². The van der Waals surface area contributed by atoms with E-state index in [9.17, 15) is 4.79 Å². The van der Waals surface area contributed by atoms with Crippen LogP contribution in [0.4, 0.5) is 0 Å². The summed E-state index contributed by atoms with van der Waals surface area (Å²) < 4.78 is 5.47. The lowest BCUT2D eigenvalue weighted by molar-refractivity contribution is -0.137. The molecule has 140 valence electrons. The Balaban J connectivity index is 1.62. The Hall–Kier alpha value is -1.43. The minimum absolute atomic E-state index is 0.0692. The Morgan fingerprint density at radius 1 is 1.08 bits per heavy atom.